The highest BCUT2D eigenvalue weighted by molar-refractivity contribution is 4.62. The smallest absolute Gasteiger partial charge is 0.0443 e. The van der Waals surface area contributed by atoms with Crippen LogP contribution < -0.4 is 5.32 Å². The first-order valence-electron chi connectivity index (χ1n) is 9.47. The molecule has 126 valence electrons. The molecule has 0 aliphatic carbocycles. The predicted molar refractivity (Wildman–Crippen MR) is 91.8 cm³/mol. The van der Waals surface area contributed by atoms with Crippen molar-refractivity contribution in [1.82, 2.24) is 10.2 Å². The molecule has 1 heterocycles. The van der Waals surface area contributed by atoms with E-state index in [-0.39, 0.29) is 0 Å². The molecule has 0 saturated carbocycles. The lowest BCUT2D eigenvalue weighted by Crippen LogP contribution is -2.30. The Labute approximate surface area is 132 Å². The molecule has 1 aliphatic heterocycles. The first-order valence-corrected chi connectivity index (χ1v) is 9.47. The van der Waals surface area contributed by atoms with Gasteiger partial charge in [-0.3, -0.25) is 0 Å². The molecule has 1 rings (SSSR count). The Balaban J connectivity index is 2.11. The van der Waals surface area contributed by atoms with Crippen molar-refractivity contribution < 1.29 is 5.11 Å². The molecular weight excluding hydrogens is 260 g/mol. The van der Waals surface area contributed by atoms with Crippen molar-refractivity contribution in [3.05, 3.63) is 0 Å². The molecule has 3 nitrogen and oxygen atoms in total. The molecule has 1 saturated heterocycles. The molecule has 0 amide bonds. The molecule has 21 heavy (non-hydrogen) atoms. The van der Waals surface area contributed by atoms with E-state index in [0.29, 0.717) is 6.61 Å². The third kappa shape index (κ3) is 12.1. The van der Waals surface area contributed by atoms with Gasteiger partial charge in [-0.15, -0.1) is 0 Å². The second-order valence-electron chi connectivity index (χ2n) is 6.56. The number of hydrogen-bond donors (Lipinski definition) is 2. The van der Waals surface area contributed by atoms with Gasteiger partial charge in [0.1, 0.15) is 0 Å². The number of nitrogens with zero attached hydrogens (tertiary/aromatic N) is 1. The molecule has 0 bridgehead atoms. The maximum absolute atomic E-state index is 8.75. The Morgan fingerprint density at radius 2 is 1.14 bits per heavy atom. The largest absolute Gasteiger partial charge is 0.396 e. The number of hydrogen-bond acceptors (Lipinski definition) is 3. The van der Waals surface area contributed by atoms with Crippen molar-refractivity contribution in [3.8, 4) is 0 Å². The maximum atomic E-state index is 8.75. The molecule has 2 N–H and O–H groups in total. The highest BCUT2D eigenvalue weighted by Crippen LogP contribution is 2.13. The van der Waals surface area contributed by atoms with Gasteiger partial charge in [0, 0.05) is 6.61 Å². The van der Waals surface area contributed by atoms with E-state index in [1.54, 1.807) is 0 Å². The zero-order valence-corrected chi connectivity index (χ0v) is 14.1. The van der Waals surface area contributed by atoms with Gasteiger partial charge in [-0.1, -0.05) is 51.4 Å². The minimum Gasteiger partial charge on any atom is -0.396 e. The number of aliphatic hydroxyl groups is 1. The summed E-state index contributed by atoms with van der Waals surface area (Å²) < 4.78 is 0. The molecule has 3 heteroatoms. The third-order valence-electron chi connectivity index (χ3n) is 4.54. The minimum absolute atomic E-state index is 0.305. The summed E-state index contributed by atoms with van der Waals surface area (Å²) in [5.74, 6) is 0. The molecule has 0 aromatic carbocycles. The molecule has 0 atom stereocenters. The summed E-state index contributed by atoms with van der Waals surface area (Å²) in [6.45, 7) is 6.20. The van der Waals surface area contributed by atoms with E-state index >= 15 is 0 Å². The molecule has 0 aromatic rings. The Morgan fingerprint density at radius 3 is 1.67 bits per heavy atom. The molecule has 0 spiro atoms. The maximum Gasteiger partial charge on any atom is 0.0443 e. The van der Waals surface area contributed by atoms with Gasteiger partial charge in [0.2, 0.25) is 0 Å². The summed E-state index contributed by atoms with van der Waals surface area (Å²) in [6.07, 6.45) is 16.4. The Morgan fingerprint density at radius 1 is 0.667 bits per heavy atom. The van der Waals surface area contributed by atoms with Crippen LogP contribution in [0.25, 0.3) is 0 Å². The second kappa shape index (κ2) is 14.8. The van der Waals surface area contributed by atoms with Crippen LogP contribution in [0.3, 0.4) is 0 Å². The van der Waals surface area contributed by atoms with Crippen LogP contribution in [0, 0.1) is 0 Å². The van der Waals surface area contributed by atoms with E-state index < -0.39 is 0 Å². The van der Waals surface area contributed by atoms with Crippen LogP contribution in [0.4, 0.5) is 0 Å². The fraction of sp³-hybridized carbons (Fsp3) is 1.00. The summed E-state index contributed by atoms with van der Waals surface area (Å²) >= 11 is 0. The summed E-state index contributed by atoms with van der Waals surface area (Å²) in [5.41, 5.74) is 0. The SMILES string of the molecule is OCCCNCCCN1CCCCCCCCCCCC1. The van der Waals surface area contributed by atoms with Crippen LogP contribution in [0.2, 0.25) is 0 Å². The Hall–Kier alpha value is -0.120. The monoisotopic (exact) mass is 298 g/mol. The first-order chi connectivity index (χ1) is 10.4. The molecule has 0 unspecified atom stereocenters. The van der Waals surface area contributed by atoms with Gasteiger partial charge in [0.25, 0.3) is 0 Å². The lowest BCUT2D eigenvalue weighted by molar-refractivity contribution is 0.255. The van der Waals surface area contributed by atoms with Crippen molar-refractivity contribution in [2.24, 2.45) is 0 Å². The van der Waals surface area contributed by atoms with Crippen LogP contribution in [-0.2, 0) is 0 Å². The topological polar surface area (TPSA) is 35.5 Å². The van der Waals surface area contributed by atoms with E-state index in [1.807, 2.05) is 0 Å². The Kier molecular flexibility index (Phi) is 13.3. The lowest BCUT2D eigenvalue weighted by Gasteiger charge is -2.22. The normalized spacial score (nSPS) is 20.4. The van der Waals surface area contributed by atoms with Crippen molar-refractivity contribution in [3.63, 3.8) is 0 Å². The fourth-order valence-electron chi connectivity index (χ4n) is 3.18. The second-order valence-corrected chi connectivity index (χ2v) is 6.56. The van der Waals surface area contributed by atoms with E-state index in [4.69, 9.17) is 5.11 Å². The number of aliphatic hydroxyl groups excluding tert-OH is 1. The summed E-state index contributed by atoms with van der Waals surface area (Å²) in [6, 6.07) is 0. The lowest BCUT2D eigenvalue weighted by atomic mass is 10.1. The third-order valence-corrected chi connectivity index (χ3v) is 4.54. The van der Waals surface area contributed by atoms with Gasteiger partial charge in [-0.2, -0.15) is 0 Å². The fourth-order valence-corrected chi connectivity index (χ4v) is 3.18. The van der Waals surface area contributed by atoms with E-state index in [1.165, 1.54) is 90.3 Å². The van der Waals surface area contributed by atoms with Gasteiger partial charge >= 0.3 is 0 Å². The van der Waals surface area contributed by atoms with Crippen molar-refractivity contribution in [1.29, 1.82) is 0 Å². The van der Waals surface area contributed by atoms with Crippen LogP contribution in [-0.4, -0.2) is 49.3 Å². The average molecular weight is 299 g/mol. The molecule has 1 aliphatic rings. The molecule has 0 aromatic heterocycles. The highest BCUT2D eigenvalue weighted by Gasteiger charge is 2.05. The van der Waals surface area contributed by atoms with Gasteiger partial charge < -0.3 is 15.3 Å². The average Bonchev–Trinajstić information content (AvgIpc) is 2.52. The van der Waals surface area contributed by atoms with Crippen molar-refractivity contribution in [2.75, 3.05) is 39.3 Å². The quantitative estimate of drug-likeness (QED) is 0.705. The van der Waals surface area contributed by atoms with E-state index in [0.717, 1.165) is 19.5 Å². The standard InChI is InChI=1S/C18H38N2O/c21-18-12-14-19-13-11-17-20-15-9-7-5-3-1-2-4-6-8-10-16-20/h19,21H,1-18H2. The first kappa shape index (κ1) is 18.9. The van der Waals surface area contributed by atoms with Crippen LogP contribution in [0.5, 0.6) is 0 Å². The van der Waals surface area contributed by atoms with Crippen LogP contribution >= 0.6 is 0 Å². The number of nitrogens with one attached hydrogen (secondary N) is 1. The molecular formula is C18H38N2O. The molecule has 1 fully saturated rings. The van der Waals surface area contributed by atoms with Gasteiger partial charge in [0.05, 0.1) is 0 Å². The highest BCUT2D eigenvalue weighted by atomic mass is 16.3. The summed E-state index contributed by atoms with van der Waals surface area (Å²) in [7, 11) is 0. The summed E-state index contributed by atoms with van der Waals surface area (Å²) in [5, 5.41) is 12.2. The minimum atomic E-state index is 0.305. The van der Waals surface area contributed by atoms with Gasteiger partial charge in [0.15, 0.2) is 0 Å². The van der Waals surface area contributed by atoms with Crippen LogP contribution in [0.15, 0.2) is 0 Å². The van der Waals surface area contributed by atoms with E-state index in [9.17, 15) is 0 Å². The number of rotatable bonds is 7. The van der Waals surface area contributed by atoms with Crippen molar-refractivity contribution >= 4 is 0 Å². The van der Waals surface area contributed by atoms with E-state index in [2.05, 4.69) is 10.2 Å². The van der Waals surface area contributed by atoms with Crippen molar-refractivity contribution in [2.45, 2.75) is 77.0 Å². The zero-order valence-electron chi connectivity index (χ0n) is 14.1. The van der Waals surface area contributed by atoms with Gasteiger partial charge in [-0.25, -0.2) is 0 Å². The van der Waals surface area contributed by atoms with Gasteiger partial charge in [-0.05, 0) is 58.4 Å². The predicted octanol–water partition coefficient (Wildman–Crippen LogP) is 3.57. The summed E-state index contributed by atoms with van der Waals surface area (Å²) in [4.78, 5) is 2.69. The Bertz CT molecular complexity index is 197. The molecule has 0 radical (unpaired) electrons. The van der Waals surface area contributed by atoms with Crippen LogP contribution in [0.1, 0.15) is 77.0 Å². The zero-order chi connectivity index (χ0) is 15.0.